The Morgan fingerprint density at radius 3 is 3.08 bits per heavy atom. The molecule has 126 valence electrons. The lowest BCUT2D eigenvalue weighted by Gasteiger charge is -2.39. The van der Waals surface area contributed by atoms with Gasteiger partial charge in [-0.2, -0.15) is 4.91 Å². The highest BCUT2D eigenvalue weighted by Crippen LogP contribution is 2.46. The van der Waals surface area contributed by atoms with Crippen molar-refractivity contribution in [3.63, 3.8) is 0 Å². The Hall–Kier alpha value is -2.13. The van der Waals surface area contributed by atoms with Gasteiger partial charge in [-0.25, -0.2) is 9.78 Å². The molecule has 1 unspecified atom stereocenters. The summed E-state index contributed by atoms with van der Waals surface area (Å²) in [5.74, 6) is 6.09. The molecule has 0 spiro atoms. The highest BCUT2D eigenvalue weighted by Gasteiger charge is 2.57. The van der Waals surface area contributed by atoms with E-state index in [1.807, 2.05) is 0 Å². The Bertz CT molecular complexity index is 715. The zero-order valence-corrected chi connectivity index (χ0v) is 14.1. The largest absolute Gasteiger partial charge is 0.453 e. The second-order valence-electron chi connectivity index (χ2n) is 6.13. The quantitative estimate of drug-likeness (QED) is 0.444. The van der Waals surface area contributed by atoms with E-state index in [2.05, 4.69) is 22.0 Å². The van der Waals surface area contributed by atoms with E-state index >= 15 is 0 Å². The fraction of sp³-hybridized carbons (Fsp3) is 0.529. The van der Waals surface area contributed by atoms with Crippen LogP contribution in [0, 0.1) is 22.7 Å². The minimum atomic E-state index is -0.851. The number of methoxy groups -OCH3 is 1. The van der Waals surface area contributed by atoms with Crippen molar-refractivity contribution in [2.24, 2.45) is 11.1 Å². The number of nitrogens with zero attached hydrogens (tertiary/aromatic N) is 3. The van der Waals surface area contributed by atoms with E-state index < -0.39 is 11.6 Å². The van der Waals surface area contributed by atoms with E-state index in [1.165, 1.54) is 7.11 Å². The predicted molar refractivity (Wildman–Crippen MR) is 89.5 cm³/mol. The number of carbonyl (C=O) groups excluding carboxylic acids is 1. The van der Waals surface area contributed by atoms with Crippen LogP contribution in [0.4, 0.5) is 4.79 Å². The normalized spacial score (nSPS) is 28.5. The van der Waals surface area contributed by atoms with Crippen LogP contribution in [0.25, 0.3) is 0 Å². The van der Waals surface area contributed by atoms with Crippen molar-refractivity contribution in [1.29, 1.82) is 0 Å². The van der Waals surface area contributed by atoms with Crippen molar-refractivity contribution >= 4 is 17.7 Å². The van der Waals surface area contributed by atoms with Crippen molar-refractivity contribution in [3.05, 3.63) is 34.0 Å². The number of amides is 1. The van der Waals surface area contributed by atoms with Gasteiger partial charge in [0.05, 0.1) is 19.1 Å². The molecule has 2 fully saturated rings. The molecular formula is C17H18ClN3O3. The summed E-state index contributed by atoms with van der Waals surface area (Å²) in [5, 5.41) is 3.86. The fourth-order valence-electron chi connectivity index (χ4n) is 3.82. The molecule has 2 aliphatic rings. The van der Waals surface area contributed by atoms with Crippen molar-refractivity contribution in [3.8, 4) is 11.8 Å². The molecule has 1 aliphatic carbocycles. The van der Waals surface area contributed by atoms with Crippen molar-refractivity contribution in [2.75, 3.05) is 13.7 Å². The van der Waals surface area contributed by atoms with Gasteiger partial charge in [-0.05, 0) is 37.8 Å². The van der Waals surface area contributed by atoms with Gasteiger partial charge in [-0.1, -0.05) is 28.6 Å². The number of carbonyl (C=O) groups is 1. The van der Waals surface area contributed by atoms with Crippen LogP contribution in [0.2, 0.25) is 5.15 Å². The van der Waals surface area contributed by atoms with Crippen LogP contribution in [0.3, 0.4) is 0 Å². The van der Waals surface area contributed by atoms with Crippen LogP contribution in [0.15, 0.2) is 23.5 Å². The van der Waals surface area contributed by atoms with Gasteiger partial charge in [0, 0.05) is 18.3 Å². The first-order valence-corrected chi connectivity index (χ1v) is 8.30. The minimum absolute atomic E-state index is 0.185. The van der Waals surface area contributed by atoms with E-state index in [1.54, 1.807) is 23.2 Å². The van der Waals surface area contributed by atoms with Crippen molar-refractivity contribution in [1.82, 2.24) is 9.88 Å². The third kappa shape index (κ3) is 2.84. The highest BCUT2D eigenvalue weighted by molar-refractivity contribution is 6.29. The highest BCUT2D eigenvalue weighted by atomic mass is 35.5. The maximum atomic E-state index is 12.0. The Kier molecular flexibility index (Phi) is 4.72. The molecule has 0 radical (unpaired) electrons. The molecule has 0 aromatic carbocycles. The second kappa shape index (κ2) is 6.78. The number of halogens is 1. The van der Waals surface area contributed by atoms with Crippen molar-refractivity contribution < 1.29 is 9.53 Å². The maximum absolute atomic E-state index is 12.0. The number of hydrogen-bond acceptors (Lipinski definition) is 5. The summed E-state index contributed by atoms with van der Waals surface area (Å²) >= 11 is 5.87. The average molecular weight is 348 g/mol. The monoisotopic (exact) mass is 347 g/mol. The Balaban J connectivity index is 1.89. The third-order valence-electron chi connectivity index (χ3n) is 4.98. The lowest BCUT2D eigenvalue weighted by molar-refractivity contribution is 0.0928. The van der Waals surface area contributed by atoms with Crippen LogP contribution in [0.5, 0.6) is 0 Å². The predicted octanol–water partition coefficient (Wildman–Crippen LogP) is 3.23. The Labute approximate surface area is 145 Å². The Morgan fingerprint density at radius 2 is 2.38 bits per heavy atom. The van der Waals surface area contributed by atoms with Gasteiger partial charge >= 0.3 is 6.09 Å². The van der Waals surface area contributed by atoms with Gasteiger partial charge in [0.2, 0.25) is 0 Å². The number of ether oxygens (including phenoxy) is 1. The summed E-state index contributed by atoms with van der Waals surface area (Å²) in [7, 11) is 1.35. The van der Waals surface area contributed by atoms with Gasteiger partial charge in [0.15, 0.2) is 0 Å². The molecule has 1 saturated carbocycles. The van der Waals surface area contributed by atoms with Crippen LogP contribution in [-0.2, 0) is 4.74 Å². The van der Waals surface area contributed by atoms with E-state index in [0.29, 0.717) is 18.1 Å². The van der Waals surface area contributed by atoms with Crippen LogP contribution in [-0.4, -0.2) is 41.2 Å². The summed E-state index contributed by atoms with van der Waals surface area (Å²) in [6.07, 6.45) is 4.15. The van der Waals surface area contributed by atoms with Crippen molar-refractivity contribution in [2.45, 2.75) is 37.3 Å². The zero-order valence-electron chi connectivity index (χ0n) is 13.4. The summed E-state index contributed by atoms with van der Waals surface area (Å²) in [6, 6.07) is 3.22. The number of nitroso groups, excluding NO2 is 1. The molecule has 3 rings (SSSR count). The van der Waals surface area contributed by atoms with Crippen LogP contribution in [0.1, 0.15) is 31.2 Å². The number of aromatic nitrogens is 1. The molecule has 6 nitrogen and oxygen atoms in total. The molecule has 0 N–H and O–H groups in total. The first-order valence-electron chi connectivity index (χ1n) is 7.93. The molecule has 1 aromatic heterocycles. The first-order chi connectivity index (χ1) is 11.6. The molecule has 2 heterocycles. The smallest absolute Gasteiger partial charge is 0.409 e. The first kappa shape index (κ1) is 16.7. The van der Waals surface area contributed by atoms with Gasteiger partial charge < -0.3 is 9.64 Å². The van der Waals surface area contributed by atoms with Crippen LogP contribution >= 0.6 is 11.6 Å². The summed E-state index contributed by atoms with van der Waals surface area (Å²) in [5.41, 5.74) is -0.100. The molecule has 24 heavy (non-hydrogen) atoms. The van der Waals surface area contributed by atoms with E-state index in [0.717, 1.165) is 24.8 Å². The molecule has 1 aliphatic heterocycles. The molecule has 0 bridgehead atoms. The second-order valence-corrected chi connectivity index (χ2v) is 6.52. The zero-order chi connectivity index (χ0) is 17.2. The van der Waals surface area contributed by atoms with E-state index in [-0.39, 0.29) is 12.0 Å². The van der Waals surface area contributed by atoms with E-state index in [9.17, 15) is 9.70 Å². The van der Waals surface area contributed by atoms with Gasteiger partial charge in [-0.15, -0.1) is 0 Å². The SMILES string of the molecule is COC(=O)N1CC[C@@]2(N=O)C(C#Cc3ccnc(Cl)c3)CCC[C@@H]12. The average Bonchev–Trinajstić information content (AvgIpc) is 2.99. The lowest BCUT2D eigenvalue weighted by Crippen LogP contribution is -2.52. The standard InChI is InChI=1S/C17H18ClN3O3/c1-24-16(22)21-10-8-17(20-23)13(3-2-4-14(17)21)6-5-12-7-9-19-15(18)11-12/h7,9,11,13-14H,2-4,8,10H2,1H3/t13?,14-,17-/m1/s1. The summed E-state index contributed by atoms with van der Waals surface area (Å²) in [6.45, 7) is 0.475. The summed E-state index contributed by atoms with van der Waals surface area (Å²) in [4.78, 5) is 29.3. The maximum Gasteiger partial charge on any atom is 0.409 e. The summed E-state index contributed by atoms with van der Waals surface area (Å²) < 4.78 is 4.84. The number of rotatable bonds is 1. The number of fused-ring (bicyclic) bond motifs is 1. The molecule has 1 aromatic rings. The molecular weight excluding hydrogens is 330 g/mol. The molecule has 7 heteroatoms. The fourth-order valence-corrected chi connectivity index (χ4v) is 4.00. The number of hydrogen-bond donors (Lipinski definition) is 0. The lowest BCUT2D eigenvalue weighted by atomic mass is 9.70. The molecule has 1 amide bonds. The molecule has 3 atom stereocenters. The molecule has 1 saturated heterocycles. The topological polar surface area (TPSA) is 71.9 Å². The van der Waals surface area contributed by atoms with Gasteiger partial charge in [0.1, 0.15) is 10.7 Å². The minimum Gasteiger partial charge on any atom is -0.453 e. The van der Waals surface area contributed by atoms with Crippen LogP contribution < -0.4 is 0 Å². The van der Waals surface area contributed by atoms with E-state index in [4.69, 9.17) is 16.3 Å². The van der Waals surface area contributed by atoms with Gasteiger partial charge in [0.25, 0.3) is 0 Å². The Morgan fingerprint density at radius 1 is 1.54 bits per heavy atom. The van der Waals surface area contributed by atoms with Gasteiger partial charge in [-0.3, -0.25) is 0 Å². The number of pyridine rings is 1. The number of likely N-dealkylation sites (tertiary alicyclic amines) is 1. The third-order valence-corrected chi connectivity index (χ3v) is 5.18.